The number of amides is 1. The van der Waals surface area contributed by atoms with Crippen LogP contribution in [0.3, 0.4) is 0 Å². The molecule has 0 aliphatic carbocycles. The predicted molar refractivity (Wildman–Crippen MR) is 78.0 cm³/mol. The highest BCUT2D eigenvalue weighted by Crippen LogP contribution is 2.20. The summed E-state index contributed by atoms with van der Waals surface area (Å²) in [5, 5.41) is 5.95. The molecule has 0 aromatic heterocycles. The van der Waals surface area contributed by atoms with E-state index in [1.807, 2.05) is 24.3 Å². The zero-order valence-electron chi connectivity index (χ0n) is 11.9. The van der Waals surface area contributed by atoms with Crippen molar-refractivity contribution in [2.75, 3.05) is 38.7 Å². The molecule has 1 aliphatic rings. The summed E-state index contributed by atoms with van der Waals surface area (Å²) >= 11 is 0. The molecule has 0 atom stereocenters. The molecule has 1 amide bonds. The number of likely N-dealkylation sites (N-methyl/N-ethyl adjacent to an activating group) is 1. The number of carbonyl (C=O) groups excluding carboxylic acids is 1. The lowest BCUT2D eigenvalue weighted by molar-refractivity contribution is -0.122. The van der Waals surface area contributed by atoms with E-state index in [1.165, 1.54) is 0 Å². The van der Waals surface area contributed by atoms with Crippen LogP contribution in [0.2, 0.25) is 0 Å². The van der Waals surface area contributed by atoms with Gasteiger partial charge in [0.25, 0.3) is 5.91 Å². The third kappa shape index (κ3) is 4.74. The molecule has 0 radical (unpaired) electrons. The molecule has 1 heterocycles. The topological polar surface area (TPSA) is 59.6 Å². The van der Waals surface area contributed by atoms with Gasteiger partial charge in [-0.2, -0.15) is 0 Å². The van der Waals surface area contributed by atoms with Gasteiger partial charge in [-0.15, -0.1) is 0 Å². The van der Waals surface area contributed by atoms with E-state index in [0.29, 0.717) is 11.7 Å². The normalized spacial score (nSPS) is 15.7. The monoisotopic (exact) mass is 278 g/mol. The summed E-state index contributed by atoms with van der Waals surface area (Å²) in [6.45, 7) is 2.71. The molecule has 2 rings (SSSR count). The molecule has 2 N–H and O–H groups in total. The molecule has 0 saturated carbocycles. The number of carbonyl (C=O) groups is 1. The Labute approximate surface area is 119 Å². The lowest BCUT2D eigenvalue weighted by Crippen LogP contribution is -2.25. The molecule has 1 aromatic rings. The maximum absolute atomic E-state index is 11.1. The van der Waals surface area contributed by atoms with Gasteiger partial charge in [-0.05, 0) is 30.9 Å². The third-order valence-electron chi connectivity index (χ3n) is 3.42. The quantitative estimate of drug-likeness (QED) is 0.830. The SMILES string of the molecule is CNC(=O)COc1cccc(NCC2CCOCC2)c1. The highest BCUT2D eigenvalue weighted by Gasteiger charge is 2.13. The Morgan fingerprint density at radius 3 is 2.95 bits per heavy atom. The standard InChI is InChI=1S/C15H22N2O3/c1-16-15(18)11-20-14-4-2-3-13(9-14)17-10-12-5-7-19-8-6-12/h2-4,9,12,17H,5-8,10-11H2,1H3,(H,16,18). The van der Waals surface area contributed by atoms with Crippen LogP contribution < -0.4 is 15.4 Å². The zero-order chi connectivity index (χ0) is 14.2. The molecule has 0 unspecified atom stereocenters. The van der Waals surface area contributed by atoms with E-state index in [9.17, 15) is 4.79 Å². The lowest BCUT2D eigenvalue weighted by atomic mass is 10.0. The first-order valence-electron chi connectivity index (χ1n) is 7.03. The van der Waals surface area contributed by atoms with Crippen molar-refractivity contribution in [1.82, 2.24) is 5.32 Å². The Balaban J connectivity index is 1.80. The number of anilines is 1. The summed E-state index contributed by atoms with van der Waals surface area (Å²) < 4.78 is 10.8. The van der Waals surface area contributed by atoms with Crippen LogP contribution in [0.15, 0.2) is 24.3 Å². The fourth-order valence-electron chi connectivity index (χ4n) is 2.13. The summed E-state index contributed by atoms with van der Waals surface area (Å²) in [7, 11) is 1.59. The van der Waals surface area contributed by atoms with Gasteiger partial charge >= 0.3 is 0 Å². The minimum atomic E-state index is -0.134. The summed E-state index contributed by atoms with van der Waals surface area (Å²) in [6.07, 6.45) is 2.22. The summed E-state index contributed by atoms with van der Waals surface area (Å²) in [4.78, 5) is 11.1. The van der Waals surface area contributed by atoms with Crippen molar-refractivity contribution in [2.45, 2.75) is 12.8 Å². The predicted octanol–water partition coefficient (Wildman–Crippen LogP) is 1.65. The van der Waals surface area contributed by atoms with Crippen LogP contribution in [-0.4, -0.2) is 39.3 Å². The highest BCUT2D eigenvalue weighted by atomic mass is 16.5. The molecule has 1 saturated heterocycles. The molecule has 0 spiro atoms. The molecule has 1 fully saturated rings. The maximum atomic E-state index is 11.1. The largest absolute Gasteiger partial charge is 0.484 e. The minimum absolute atomic E-state index is 0.0416. The van der Waals surface area contributed by atoms with Crippen molar-refractivity contribution in [2.24, 2.45) is 5.92 Å². The van der Waals surface area contributed by atoms with Crippen molar-refractivity contribution in [3.8, 4) is 5.75 Å². The molecular weight excluding hydrogens is 256 g/mol. The van der Waals surface area contributed by atoms with Crippen LogP contribution in [0.25, 0.3) is 0 Å². The van der Waals surface area contributed by atoms with Gasteiger partial charge < -0.3 is 20.1 Å². The fraction of sp³-hybridized carbons (Fsp3) is 0.533. The van der Waals surface area contributed by atoms with E-state index in [1.54, 1.807) is 7.05 Å². The average molecular weight is 278 g/mol. The number of hydrogen-bond acceptors (Lipinski definition) is 4. The molecule has 1 aromatic carbocycles. The van der Waals surface area contributed by atoms with Gasteiger partial charge in [-0.3, -0.25) is 4.79 Å². The van der Waals surface area contributed by atoms with Gasteiger partial charge in [-0.1, -0.05) is 6.07 Å². The number of hydrogen-bond donors (Lipinski definition) is 2. The lowest BCUT2D eigenvalue weighted by Gasteiger charge is -2.22. The Bertz CT molecular complexity index is 431. The number of ether oxygens (including phenoxy) is 2. The van der Waals surface area contributed by atoms with Gasteiger partial charge in [0.05, 0.1) is 0 Å². The summed E-state index contributed by atoms with van der Waals surface area (Å²) in [6, 6.07) is 7.70. The summed E-state index contributed by atoms with van der Waals surface area (Å²) in [5.74, 6) is 1.23. The smallest absolute Gasteiger partial charge is 0.257 e. The second kappa shape index (κ2) is 7.75. The molecule has 110 valence electrons. The Morgan fingerprint density at radius 1 is 1.40 bits per heavy atom. The van der Waals surface area contributed by atoms with Gasteiger partial charge in [0.2, 0.25) is 0 Å². The summed E-state index contributed by atoms with van der Waals surface area (Å²) in [5.41, 5.74) is 1.02. The highest BCUT2D eigenvalue weighted by molar-refractivity contribution is 5.77. The van der Waals surface area contributed by atoms with E-state index in [-0.39, 0.29) is 12.5 Å². The molecule has 5 nitrogen and oxygen atoms in total. The van der Waals surface area contributed by atoms with E-state index in [2.05, 4.69) is 10.6 Å². The molecular formula is C15H22N2O3. The zero-order valence-corrected chi connectivity index (χ0v) is 11.9. The van der Waals surface area contributed by atoms with Gasteiger partial charge in [-0.25, -0.2) is 0 Å². The molecule has 0 bridgehead atoms. The van der Waals surface area contributed by atoms with Gasteiger partial charge in [0.15, 0.2) is 6.61 Å². The average Bonchev–Trinajstić information content (AvgIpc) is 2.52. The van der Waals surface area contributed by atoms with Gasteiger partial charge in [0, 0.05) is 38.6 Å². The van der Waals surface area contributed by atoms with Crippen LogP contribution >= 0.6 is 0 Å². The number of benzene rings is 1. The molecule has 5 heteroatoms. The van der Waals surface area contributed by atoms with E-state index >= 15 is 0 Å². The first kappa shape index (κ1) is 14.7. The minimum Gasteiger partial charge on any atom is -0.484 e. The Kier molecular flexibility index (Phi) is 5.68. The van der Waals surface area contributed by atoms with Crippen molar-refractivity contribution < 1.29 is 14.3 Å². The Morgan fingerprint density at radius 2 is 2.20 bits per heavy atom. The van der Waals surface area contributed by atoms with Crippen LogP contribution in [0, 0.1) is 5.92 Å². The van der Waals surface area contributed by atoms with Crippen LogP contribution in [0.5, 0.6) is 5.75 Å². The Hall–Kier alpha value is -1.75. The van der Waals surface area contributed by atoms with Crippen molar-refractivity contribution in [1.29, 1.82) is 0 Å². The van der Waals surface area contributed by atoms with Crippen LogP contribution in [0.4, 0.5) is 5.69 Å². The first-order chi connectivity index (χ1) is 9.78. The van der Waals surface area contributed by atoms with Crippen LogP contribution in [-0.2, 0) is 9.53 Å². The van der Waals surface area contributed by atoms with E-state index < -0.39 is 0 Å². The second-order valence-corrected chi connectivity index (χ2v) is 4.93. The number of nitrogens with one attached hydrogen (secondary N) is 2. The maximum Gasteiger partial charge on any atom is 0.257 e. The van der Waals surface area contributed by atoms with Crippen molar-refractivity contribution in [3.63, 3.8) is 0 Å². The first-order valence-corrected chi connectivity index (χ1v) is 7.03. The second-order valence-electron chi connectivity index (χ2n) is 4.93. The molecule has 20 heavy (non-hydrogen) atoms. The van der Waals surface area contributed by atoms with E-state index in [4.69, 9.17) is 9.47 Å². The van der Waals surface area contributed by atoms with E-state index in [0.717, 1.165) is 38.3 Å². The third-order valence-corrected chi connectivity index (χ3v) is 3.42. The number of rotatable bonds is 6. The van der Waals surface area contributed by atoms with Crippen molar-refractivity contribution in [3.05, 3.63) is 24.3 Å². The molecule has 1 aliphatic heterocycles. The van der Waals surface area contributed by atoms with Crippen LogP contribution in [0.1, 0.15) is 12.8 Å². The van der Waals surface area contributed by atoms with Gasteiger partial charge in [0.1, 0.15) is 5.75 Å². The fourth-order valence-corrected chi connectivity index (χ4v) is 2.13. The van der Waals surface area contributed by atoms with Crippen molar-refractivity contribution >= 4 is 11.6 Å².